The topological polar surface area (TPSA) is 90.5 Å². The summed E-state index contributed by atoms with van der Waals surface area (Å²) in [4.78, 5) is 36.0. The fourth-order valence-electron chi connectivity index (χ4n) is 2.38. The summed E-state index contributed by atoms with van der Waals surface area (Å²) in [5.74, 6) is 0.570. The highest BCUT2D eigenvalue weighted by atomic mass is 16.2. The van der Waals surface area contributed by atoms with Crippen molar-refractivity contribution in [2.45, 2.75) is 19.9 Å². The molecule has 22 heavy (non-hydrogen) atoms. The molecular weight excluding hydrogens is 284 g/mol. The highest BCUT2D eigenvalue weighted by Gasteiger charge is 2.26. The largest absolute Gasteiger partial charge is 0.353 e. The van der Waals surface area contributed by atoms with Crippen molar-refractivity contribution >= 4 is 17.8 Å². The second-order valence-corrected chi connectivity index (χ2v) is 5.11. The first kappa shape index (κ1) is 16.2. The lowest BCUT2D eigenvalue weighted by Crippen LogP contribution is -2.55. The molecule has 8 heteroatoms. The highest BCUT2D eigenvalue weighted by molar-refractivity contribution is 5.96. The third-order valence-electron chi connectivity index (χ3n) is 3.69. The lowest BCUT2D eigenvalue weighted by molar-refractivity contribution is -0.124. The van der Waals surface area contributed by atoms with Gasteiger partial charge in [-0.15, -0.1) is 0 Å². The van der Waals surface area contributed by atoms with Crippen LogP contribution in [0.1, 0.15) is 13.8 Å². The number of carbonyl (C=O) groups is 2. The standard InChI is InChI=1S/C14H22N6O2/c1-3-16-14(22)18-13(21)11(2)19-6-8-20(9-7-19)12-10-15-4-5-17-12/h4-5,10-11H,3,6-9H2,1-2H3,(H2,16,18,21,22)/t11-/m0/s1. The molecule has 1 aromatic rings. The number of piperazine rings is 1. The number of imide groups is 1. The van der Waals surface area contributed by atoms with Gasteiger partial charge in [0.05, 0.1) is 12.2 Å². The van der Waals surface area contributed by atoms with Gasteiger partial charge in [-0.05, 0) is 13.8 Å². The van der Waals surface area contributed by atoms with Gasteiger partial charge in [-0.2, -0.15) is 0 Å². The second-order valence-electron chi connectivity index (χ2n) is 5.11. The molecule has 120 valence electrons. The number of hydrogen-bond acceptors (Lipinski definition) is 6. The van der Waals surface area contributed by atoms with E-state index < -0.39 is 6.03 Å². The normalized spacial score (nSPS) is 16.9. The molecule has 1 atom stereocenters. The molecule has 2 N–H and O–H groups in total. The predicted molar refractivity (Wildman–Crippen MR) is 82.5 cm³/mol. The molecule has 0 unspecified atom stereocenters. The van der Waals surface area contributed by atoms with Crippen LogP contribution in [0.5, 0.6) is 0 Å². The average Bonchev–Trinajstić information content (AvgIpc) is 2.55. The molecule has 1 saturated heterocycles. The zero-order valence-electron chi connectivity index (χ0n) is 13.0. The van der Waals surface area contributed by atoms with E-state index in [2.05, 4.69) is 30.4 Å². The molecule has 1 aliphatic rings. The van der Waals surface area contributed by atoms with Crippen LogP contribution in [0.4, 0.5) is 10.6 Å². The Hall–Kier alpha value is -2.22. The summed E-state index contributed by atoms with van der Waals surface area (Å²) in [7, 11) is 0. The molecule has 0 spiro atoms. The van der Waals surface area contributed by atoms with Gasteiger partial charge >= 0.3 is 6.03 Å². The summed E-state index contributed by atoms with van der Waals surface area (Å²) in [6.45, 7) is 7.13. The Kier molecular flexibility index (Phi) is 5.65. The van der Waals surface area contributed by atoms with Crippen LogP contribution in [0.2, 0.25) is 0 Å². The van der Waals surface area contributed by atoms with E-state index in [1.807, 2.05) is 6.92 Å². The summed E-state index contributed by atoms with van der Waals surface area (Å²) in [5.41, 5.74) is 0. The molecule has 1 fully saturated rings. The number of amides is 3. The lowest BCUT2D eigenvalue weighted by Gasteiger charge is -2.37. The first-order valence-corrected chi connectivity index (χ1v) is 7.45. The van der Waals surface area contributed by atoms with Crippen LogP contribution in [0, 0.1) is 0 Å². The number of nitrogens with zero attached hydrogens (tertiary/aromatic N) is 4. The fraction of sp³-hybridized carbons (Fsp3) is 0.571. The smallest absolute Gasteiger partial charge is 0.321 e. The molecule has 0 bridgehead atoms. The van der Waals surface area contributed by atoms with Gasteiger partial charge in [0.25, 0.3) is 0 Å². The Labute approximate surface area is 129 Å². The molecule has 3 amide bonds. The molecule has 8 nitrogen and oxygen atoms in total. The third kappa shape index (κ3) is 4.14. The minimum absolute atomic E-state index is 0.279. The van der Waals surface area contributed by atoms with E-state index in [9.17, 15) is 9.59 Å². The van der Waals surface area contributed by atoms with Crippen LogP contribution in [0.3, 0.4) is 0 Å². The summed E-state index contributed by atoms with van der Waals surface area (Å²) in [6, 6.07) is -0.788. The Bertz CT molecular complexity index is 501. The Morgan fingerprint density at radius 1 is 1.27 bits per heavy atom. The lowest BCUT2D eigenvalue weighted by atomic mass is 10.2. The Balaban J connectivity index is 1.83. The molecule has 2 heterocycles. The van der Waals surface area contributed by atoms with Crippen molar-refractivity contribution in [3.63, 3.8) is 0 Å². The second kappa shape index (κ2) is 7.69. The molecule has 0 saturated carbocycles. The van der Waals surface area contributed by atoms with Gasteiger partial charge in [-0.3, -0.25) is 20.0 Å². The van der Waals surface area contributed by atoms with Crippen LogP contribution in [-0.4, -0.2) is 65.6 Å². The van der Waals surface area contributed by atoms with E-state index in [0.29, 0.717) is 6.54 Å². The number of hydrogen-bond donors (Lipinski definition) is 2. The van der Waals surface area contributed by atoms with E-state index in [1.54, 1.807) is 25.5 Å². The van der Waals surface area contributed by atoms with E-state index in [1.165, 1.54) is 0 Å². The van der Waals surface area contributed by atoms with Gasteiger partial charge in [-0.1, -0.05) is 0 Å². The average molecular weight is 306 g/mol. The maximum Gasteiger partial charge on any atom is 0.321 e. The van der Waals surface area contributed by atoms with Crippen molar-refractivity contribution in [3.8, 4) is 0 Å². The van der Waals surface area contributed by atoms with Gasteiger partial charge in [0.2, 0.25) is 5.91 Å². The van der Waals surface area contributed by atoms with Gasteiger partial charge in [0, 0.05) is 45.1 Å². The minimum atomic E-state index is -0.447. The van der Waals surface area contributed by atoms with Crippen LogP contribution in [0.15, 0.2) is 18.6 Å². The molecule has 0 aliphatic carbocycles. The number of aromatic nitrogens is 2. The van der Waals surface area contributed by atoms with Crippen LogP contribution in [0.25, 0.3) is 0 Å². The molecule has 1 aromatic heterocycles. The van der Waals surface area contributed by atoms with Gasteiger partial charge in [0.1, 0.15) is 5.82 Å². The molecular formula is C14H22N6O2. The van der Waals surface area contributed by atoms with Gasteiger partial charge in [-0.25, -0.2) is 9.78 Å². The molecule has 2 rings (SSSR count). The zero-order chi connectivity index (χ0) is 15.9. The molecule has 1 aliphatic heterocycles. The summed E-state index contributed by atoms with van der Waals surface area (Å²) in [5, 5.41) is 4.90. The van der Waals surface area contributed by atoms with Crippen molar-refractivity contribution in [1.29, 1.82) is 0 Å². The van der Waals surface area contributed by atoms with E-state index >= 15 is 0 Å². The van der Waals surface area contributed by atoms with Gasteiger partial charge in [0.15, 0.2) is 0 Å². The number of urea groups is 1. The SMILES string of the molecule is CCNC(=O)NC(=O)[C@H](C)N1CCN(c2cnccn2)CC1. The van der Waals surface area contributed by atoms with E-state index in [4.69, 9.17) is 0 Å². The van der Waals surface area contributed by atoms with Crippen molar-refractivity contribution in [2.24, 2.45) is 0 Å². The number of nitrogens with one attached hydrogen (secondary N) is 2. The quantitative estimate of drug-likeness (QED) is 0.803. The van der Waals surface area contributed by atoms with E-state index in [0.717, 1.165) is 32.0 Å². The van der Waals surface area contributed by atoms with Crippen molar-refractivity contribution < 1.29 is 9.59 Å². The van der Waals surface area contributed by atoms with Crippen molar-refractivity contribution in [3.05, 3.63) is 18.6 Å². The third-order valence-corrected chi connectivity index (χ3v) is 3.69. The monoisotopic (exact) mass is 306 g/mol. The van der Waals surface area contributed by atoms with Crippen molar-refractivity contribution in [2.75, 3.05) is 37.6 Å². The maximum atomic E-state index is 12.0. The molecule has 0 aromatic carbocycles. The highest BCUT2D eigenvalue weighted by Crippen LogP contribution is 2.13. The van der Waals surface area contributed by atoms with Crippen molar-refractivity contribution in [1.82, 2.24) is 25.5 Å². The number of carbonyl (C=O) groups excluding carboxylic acids is 2. The minimum Gasteiger partial charge on any atom is -0.353 e. The zero-order valence-corrected chi connectivity index (χ0v) is 13.0. The summed E-state index contributed by atoms with van der Waals surface area (Å²) < 4.78 is 0. The van der Waals surface area contributed by atoms with Crippen LogP contribution in [-0.2, 0) is 4.79 Å². The van der Waals surface area contributed by atoms with Crippen LogP contribution >= 0.6 is 0 Å². The van der Waals surface area contributed by atoms with Gasteiger partial charge < -0.3 is 10.2 Å². The van der Waals surface area contributed by atoms with Crippen LogP contribution < -0.4 is 15.5 Å². The number of rotatable bonds is 4. The Morgan fingerprint density at radius 2 is 2.00 bits per heavy atom. The first-order chi connectivity index (χ1) is 10.6. The summed E-state index contributed by atoms with van der Waals surface area (Å²) >= 11 is 0. The number of anilines is 1. The molecule has 0 radical (unpaired) electrons. The summed E-state index contributed by atoms with van der Waals surface area (Å²) in [6.07, 6.45) is 5.05. The first-order valence-electron chi connectivity index (χ1n) is 7.45. The maximum absolute atomic E-state index is 12.0. The fourth-order valence-corrected chi connectivity index (χ4v) is 2.38. The van der Waals surface area contributed by atoms with E-state index in [-0.39, 0.29) is 11.9 Å². The Morgan fingerprint density at radius 3 is 2.59 bits per heavy atom. The predicted octanol–water partition coefficient (Wildman–Crippen LogP) is -0.167.